The van der Waals surface area contributed by atoms with Gasteiger partial charge in [0.2, 0.25) is 0 Å². The van der Waals surface area contributed by atoms with E-state index in [0.29, 0.717) is 0 Å². The SMILES string of the molecule is CCCCCCc1ccc(/C=C/c2cc(/C=C/c3ccc(/C=C/c4cc(/C=C/c5ccc(/C=C/c6cc(/C=C/c7ccc(CCCCCC)s7)cc(/C=C/c7ccc(CCCCCC)s7)c6)s5)cc(/C=C/c5ccc(/C=C/c6cc(/C=C/c7ccc(CCCCCC)s7)cc(/C=C/c7ccc(CCCCCC)s7)c6)s5)c4)s3)cc(/C=C/c3ccc(CCCCCC)s3)c2)s1. The molecule has 0 aliphatic rings. The molecule has 0 amide bonds. The van der Waals surface area contributed by atoms with Gasteiger partial charge in [-0.15, -0.1) is 102 Å². The predicted molar refractivity (Wildman–Crippen MR) is 599 cm³/mol. The van der Waals surface area contributed by atoms with Crippen LogP contribution in [0.1, 0.15) is 350 Å². The Hall–Kier alpha value is -8.94. The molecule has 0 fully saturated rings. The number of hydrogen-bond acceptors (Lipinski definition) is 9. The number of unbranched alkanes of at least 4 members (excludes halogenated alkanes) is 18. The number of benzene rings is 4. The Morgan fingerprint density at radius 1 is 0.132 bits per heavy atom. The number of thiophene rings is 9. The van der Waals surface area contributed by atoms with Crippen molar-refractivity contribution in [1.29, 1.82) is 0 Å². The average molecular weight is 1860 g/mol. The largest absolute Gasteiger partial charge is 0.141 e. The topological polar surface area (TPSA) is 0 Å². The van der Waals surface area contributed by atoms with E-state index in [1.54, 1.807) is 0 Å². The van der Waals surface area contributed by atoms with Crippen molar-refractivity contribution in [2.45, 2.75) is 234 Å². The molecule has 13 rings (SSSR count). The zero-order chi connectivity index (χ0) is 89.1. The first-order valence-corrected chi connectivity index (χ1v) is 55.4. The summed E-state index contributed by atoms with van der Waals surface area (Å²) in [6.45, 7) is 13.7. The molecular weight excluding hydrogens is 1730 g/mol. The first kappa shape index (κ1) is 97.6. The summed E-state index contributed by atoms with van der Waals surface area (Å²) in [5.41, 5.74) is 14.2. The lowest BCUT2D eigenvalue weighted by molar-refractivity contribution is 0.670. The molecular formula is C120H132S9. The van der Waals surface area contributed by atoms with E-state index in [0.717, 1.165) is 16.7 Å². The van der Waals surface area contributed by atoms with Crippen LogP contribution in [-0.2, 0) is 38.5 Å². The first-order chi connectivity index (χ1) is 63.5. The molecule has 0 unspecified atom stereocenters. The van der Waals surface area contributed by atoms with Gasteiger partial charge in [0.25, 0.3) is 0 Å². The highest BCUT2D eigenvalue weighted by molar-refractivity contribution is 7.16. The second kappa shape index (κ2) is 54.8. The van der Waals surface area contributed by atoms with Crippen LogP contribution in [0, 0.1) is 0 Å². The molecule has 0 N–H and O–H groups in total. The van der Waals surface area contributed by atoms with Gasteiger partial charge in [0.15, 0.2) is 0 Å². The molecule has 0 nitrogen and oxygen atoms in total. The van der Waals surface area contributed by atoms with Gasteiger partial charge in [0.05, 0.1) is 0 Å². The van der Waals surface area contributed by atoms with Gasteiger partial charge < -0.3 is 0 Å². The molecule has 0 spiro atoms. The van der Waals surface area contributed by atoms with Crippen molar-refractivity contribution in [3.05, 3.63) is 337 Å². The Balaban J connectivity index is 0.754. The number of rotatable bonds is 54. The molecule has 666 valence electrons. The van der Waals surface area contributed by atoms with Gasteiger partial charge >= 0.3 is 0 Å². The molecule has 9 heteroatoms. The summed E-state index contributed by atoms with van der Waals surface area (Å²) in [5, 5.41) is 0. The quantitative estimate of drug-likeness (QED) is 0.0333. The van der Waals surface area contributed by atoms with Crippen molar-refractivity contribution in [2.75, 3.05) is 0 Å². The molecule has 0 saturated heterocycles. The fourth-order valence-corrected chi connectivity index (χ4v) is 24.0. The molecule has 9 aromatic heterocycles. The minimum atomic E-state index is 1.15. The zero-order valence-corrected chi connectivity index (χ0v) is 84.4. The molecule has 129 heavy (non-hydrogen) atoms. The zero-order valence-electron chi connectivity index (χ0n) is 77.1. The van der Waals surface area contributed by atoms with E-state index in [4.69, 9.17) is 0 Å². The highest BCUT2D eigenvalue weighted by atomic mass is 32.1. The highest BCUT2D eigenvalue weighted by Gasteiger charge is 2.11. The molecule has 0 aliphatic carbocycles. The average Bonchev–Trinajstić information content (AvgIpc) is 1.84. The summed E-state index contributed by atoms with van der Waals surface area (Å²) in [4.78, 5) is 24.0. The standard InChI is InChI=1S/C120H132S9/c1-7-13-19-25-31-103-61-67-109(121-103)49-37-91-79-92(38-50-110-68-62-104(122-110)32-26-20-14-8-2)83-97(82-91)43-55-115-73-76-118(127-115)58-46-100-88-101(47-59-119-77-74-116(128-119)56-44-98-84-93(39-51-111-69-63-105(123-111)33-27-21-15-9-3)80-94(85-98)40-52-112-70-64-106(124-112)34-28-22-16-10-4)90-102(89-100)48-60-120-78-75-117(129-120)57-45-99-86-95(41-53-113-71-65-107(125-113)35-29-23-17-11-5)81-96(87-99)42-54-114-72-66-108(126-114)36-30-24-18-12-6/h37-90H,7-36H2,1-6H3/b49-37+,50-38+,51-39+,52-40+,53-41+,54-42+,55-43+,56-44+,57-45+,58-46+,59-47+,60-48+. The van der Waals surface area contributed by atoms with Gasteiger partial charge in [-0.1, -0.05) is 230 Å². The molecule has 9 heterocycles. The molecule has 0 aliphatic heterocycles. The fraction of sp³-hybridized carbons (Fsp3) is 0.300. The van der Waals surface area contributed by atoms with Crippen LogP contribution in [0.2, 0.25) is 0 Å². The van der Waals surface area contributed by atoms with Crippen LogP contribution in [0.25, 0.3) is 146 Å². The van der Waals surface area contributed by atoms with Gasteiger partial charge in [-0.3, -0.25) is 0 Å². The van der Waals surface area contributed by atoms with E-state index in [1.165, 1.54) is 330 Å². The van der Waals surface area contributed by atoms with Crippen LogP contribution in [-0.4, -0.2) is 0 Å². The Labute approximate surface area is 811 Å². The molecule has 4 aromatic carbocycles. The van der Waals surface area contributed by atoms with Crippen molar-refractivity contribution in [3.63, 3.8) is 0 Å². The minimum absolute atomic E-state index is 1.15. The summed E-state index contributed by atoms with van der Waals surface area (Å²) < 4.78 is 0. The number of hydrogen-bond donors (Lipinski definition) is 0. The van der Waals surface area contributed by atoms with E-state index in [9.17, 15) is 0 Å². The highest BCUT2D eigenvalue weighted by Crippen LogP contribution is 2.34. The molecule has 13 aromatic rings. The van der Waals surface area contributed by atoms with E-state index >= 15 is 0 Å². The molecule has 0 atom stereocenters. The smallest absolute Gasteiger partial charge is 0.0276 e. The van der Waals surface area contributed by atoms with Crippen LogP contribution < -0.4 is 0 Å². The summed E-state index contributed by atoms with van der Waals surface area (Å²) in [7, 11) is 0. The molecule has 0 radical (unpaired) electrons. The third-order valence-corrected chi connectivity index (χ3v) is 32.7. The number of aryl methyl sites for hydroxylation is 6. The van der Waals surface area contributed by atoms with Gasteiger partial charge in [0.1, 0.15) is 0 Å². The normalized spacial score (nSPS) is 12.5. The van der Waals surface area contributed by atoms with Crippen LogP contribution in [0.4, 0.5) is 0 Å². The monoisotopic (exact) mass is 1860 g/mol. The van der Waals surface area contributed by atoms with Crippen molar-refractivity contribution in [3.8, 4) is 0 Å². The Kier molecular flexibility index (Phi) is 41.4. The first-order valence-electron chi connectivity index (χ1n) is 48.1. The van der Waals surface area contributed by atoms with E-state index in [1.807, 2.05) is 102 Å². The Morgan fingerprint density at radius 3 is 0.372 bits per heavy atom. The maximum absolute atomic E-state index is 2.33. The minimum Gasteiger partial charge on any atom is -0.141 e. The van der Waals surface area contributed by atoms with E-state index in [-0.39, 0.29) is 0 Å². The summed E-state index contributed by atoms with van der Waals surface area (Å²) >= 11 is 17.1. The van der Waals surface area contributed by atoms with Crippen LogP contribution in [0.3, 0.4) is 0 Å². The van der Waals surface area contributed by atoms with Crippen molar-refractivity contribution >= 4 is 248 Å². The second-order valence-corrected chi connectivity index (χ2v) is 44.8. The van der Waals surface area contributed by atoms with Crippen molar-refractivity contribution < 1.29 is 0 Å². The third-order valence-electron chi connectivity index (χ3n) is 23.0. The van der Waals surface area contributed by atoms with Gasteiger partial charge in [-0.25, -0.2) is 0 Å². The van der Waals surface area contributed by atoms with Crippen LogP contribution in [0.5, 0.6) is 0 Å². The summed E-state index contributed by atoms with van der Waals surface area (Å²) in [5.74, 6) is 0. The lowest BCUT2D eigenvalue weighted by atomic mass is 10.0. The van der Waals surface area contributed by atoms with E-state index < -0.39 is 0 Å². The fourth-order valence-electron chi connectivity index (χ4n) is 15.8. The molecule has 0 saturated carbocycles. The maximum atomic E-state index is 2.33. The Bertz CT molecular complexity index is 5120. The predicted octanol–water partition coefficient (Wildman–Crippen LogP) is 41.0. The third kappa shape index (κ3) is 34.9. The lowest BCUT2D eigenvalue weighted by Crippen LogP contribution is -1.81. The van der Waals surface area contributed by atoms with Gasteiger partial charge in [-0.2, -0.15) is 0 Å². The van der Waals surface area contributed by atoms with Crippen molar-refractivity contribution in [2.24, 2.45) is 0 Å². The summed E-state index contributed by atoms with van der Waals surface area (Å²) in [6.07, 6.45) is 93.1. The maximum Gasteiger partial charge on any atom is 0.0276 e. The van der Waals surface area contributed by atoms with Crippen LogP contribution in [0.15, 0.2) is 182 Å². The van der Waals surface area contributed by atoms with E-state index in [2.05, 4.69) is 369 Å². The Morgan fingerprint density at radius 2 is 0.248 bits per heavy atom. The van der Waals surface area contributed by atoms with Crippen LogP contribution >= 0.6 is 102 Å². The van der Waals surface area contributed by atoms with Gasteiger partial charge in [-0.05, 0) is 399 Å². The molecule has 0 bridgehead atoms. The summed E-state index contributed by atoms with van der Waals surface area (Å²) in [6, 6.07) is 69.3. The van der Waals surface area contributed by atoms with Crippen molar-refractivity contribution in [1.82, 2.24) is 0 Å². The second-order valence-electron chi connectivity index (χ2n) is 34.1. The van der Waals surface area contributed by atoms with Gasteiger partial charge in [0, 0.05) is 87.8 Å². The lowest BCUT2D eigenvalue weighted by Gasteiger charge is -2.03.